The smallest absolute Gasteiger partial charge is 0.306 e. The van der Waals surface area contributed by atoms with E-state index in [4.69, 9.17) is 0 Å². The van der Waals surface area contributed by atoms with Gasteiger partial charge in [0.25, 0.3) is 0 Å². The zero-order valence-electron chi connectivity index (χ0n) is 21.1. The summed E-state index contributed by atoms with van der Waals surface area (Å²) in [7, 11) is 0. The van der Waals surface area contributed by atoms with Crippen molar-refractivity contribution in [3.8, 4) is 11.1 Å². The van der Waals surface area contributed by atoms with E-state index in [0.29, 0.717) is 17.7 Å². The van der Waals surface area contributed by atoms with Crippen molar-refractivity contribution < 1.29 is 19.1 Å². The Bertz CT molecular complexity index is 1250. The lowest BCUT2D eigenvalue weighted by Gasteiger charge is -2.24. The Balaban J connectivity index is 1.59. The zero-order valence-corrected chi connectivity index (χ0v) is 21.1. The SMILES string of the molecule is Cc1ncc(-c2ccc(C(C(=O)Nc3cccc(CC(C)C(=O)O)c3C)C3CCCC3)cc2)cc1F. The van der Waals surface area contributed by atoms with Crippen LogP contribution in [0, 0.1) is 31.5 Å². The van der Waals surface area contributed by atoms with Crippen molar-refractivity contribution in [3.63, 3.8) is 0 Å². The van der Waals surface area contributed by atoms with Crippen LogP contribution < -0.4 is 5.32 Å². The molecule has 1 heterocycles. The van der Waals surface area contributed by atoms with E-state index in [1.54, 1.807) is 20.0 Å². The van der Waals surface area contributed by atoms with Crippen LogP contribution in [0.1, 0.15) is 60.9 Å². The second-order valence-electron chi connectivity index (χ2n) is 9.96. The number of halogens is 1. The van der Waals surface area contributed by atoms with Gasteiger partial charge in [0.15, 0.2) is 0 Å². The summed E-state index contributed by atoms with van der Waals surface area (Å²) < 4.78 is 14.0. The van der Waals surface area contributed by atoms with Crippen LogP contribution in [0.2, 0.25) is 0 Å². The molecule has 0 bridgehead atoms. The molecule has 36 heavy (non-hydrogen) atoms. The molecule has 0 radical (unpaired) electrons. The van der Waals surface area contributed by atoms with Crippen LogP contribution in [0.3, 0.4) is 0 Å². The highest BCUT2D eigenvalue weighted by atomic mass is 19.1. The summed E-state index contributed by atoms with van der Waals surface area (Å²) in [5.41, 5.74) is 5.40. The van der Waals surface area contributed by atoms with Crippen molar-refractivity contribution in [1.29, 1.82) is 0 Å². The van der Waals surface area contributed by atoms with Gasteiger partial charge in [-0.1, -0.05) is 56.2 Å². The lowest BCUT2D eigenvalue weighted by atomic mass is 9.83. The summed E-state index contributed by atoms with van der Waals surface area (Å²) in [4.78, 5) is 29.1. The van der Waals surface area contributed by atoms with Gasteiger partial charge in [0.2, 0.25) is 5.91 Å². The van der Waals surface area contributed by atoms with Crippen molar-refractivity contribution in [3.05, 3.63) is 82.9 Å². The molecule has 188 valence electrons. The van der Waals surface area contributed by atoms with Gasteiger partial charge in [0.1, 0.15) is 5.82 Å². The maximum absolute atomic E-state index is 14.0. The number of anilines is 1. The van der Waals surface area contributed by atoms with Crippen molar-refractivity contribution in [2.24, 2.45) is 11.8 Å². The van der Waals surface area contributed by atoms with Crippen molar-refractivity contribution in [2.45, 2.75) is 58.8 Å². The highest BCUT2D eigenvalue weighted by molar-refractivity contribution is 5.97. The van der Waals surface area contributed by atoms with Crippen LogP contribution in [0.15, 0.2) is 54.7 Å². The van der Waals surface area contributed by atoms with Gasteiger partial charge < -0.3 is 10.4 Å². The third-order valence-electron chi connectivity index (χ3n) is 7.43. The lowest BCUT2D eigenvalue weighted by molar-refractivity contribution is -0.141. The number of carboxylic acid groups (broad SMARTS) is 1. The zero-order chi connectivity index (χ0) is 25.8. The average molecular weight is 489 g/mol. The van der Waals surface area contributed by atoms with E-state index in [2.05, 4.69) is 10.3 Å². The predicted molar refractivity (Wildman–Crippen MR) is 139 cm³/mol. The highest BCUT2D eigenvalue weighted by Crippen LogP contribution is 2.39. The first kappa shape index (κ1) is 25.5. The molecule has 5 nitrogen and oxygen atoms in total. The second-order valence-corrected chi connectivity index (χ2v) is 9.96. The molecule has 0 spiro atoms. The van der Waals surface area contributed by atoms with Crippen LogP contribution in [0.4, 0.5) is 10.1 Å². The lowest BCUT2D eigenvalue weighted by Crippen LogP contribution is -2.27. The number of carboxylic acids is 1. The van der Waals surface area contributed by atoms with Gasteiger partial charge in [-0.25, -0.2) is 4.39 Å². The molecule has 2 N–H and O–H groups in total. The Hall–Kier alpha value is -3.54. The molecule has 3 aromatic rings. The van der Waals surface area contributed by atoms with E-state index < -0.39 is 11.9 Å². The molecule has 4 rings (SSSR count). The van der Waals surface area contributed by atoms with Crippen LogP contribution in [0.5, 0.6) is 0 Å². The van der Waals surface area contributed by atoms with E-state index >= 15 is 0 Å². The normalized spacial score (nSPS) is 15.4. The number of nitrogens with zero attached hydrogens (tertiary/aromatic N) is 1. The summed E-state index contributed by atoms with van der Waals surface area (Å²) in [5, 5.41) is 12.4. The fourth-order valence-corrected chi connectivity index (χ4v) is 5.14. The molecule has 1 aliphatic carbocycles. The third kappa shape index (κ3) is 5.64. The van der Waals surface area contributed by atoms with Crippen molar-refractivity contribution in [1.82, 2.24) is 4.98 Å². The standard InChI is InChI=1S/C30H33FN2O3/c1-18(30(35)36)15-24-9-6-10-27(19(24)2)33-29(34)28(22-7-4-5-8-22)23-13-11-21(12-14-23)25-16-26(31)20(3)32-17-25/h6,9-14,16-18,22,28H,4-5,7-8,15H2,1-3H3,(H,33,34)(H,35,36). The summed E-state index contributed by atoms with van der Waals surface area (Å²) in [6.07, 6.45) is 6.30. The monoisotopic (exact) mass is 488 g/mol. The Labute approximate surface area is 211 Å². The van der Waals surface area contributed by atoms with Crippen LogP contribution in [-0.4, -0.2) is 22.0 Å². The number of carbonyl (C=O) groups is 2. The van der Waals surface area contributed by atoms with Gasteiger partial charge in [-0.2, -0.15) is 0 Å². The topological polar surface area (TPSA) is 79.3 Å². The molecule has 1 fully saturated rings. The van der Waals surface area contributed by atoms with Gasteiger partial charge in [0, 0.05) is 17.4 Å². The summed E-state index contributed by atoms with van der Waals surface area (Å²) >= 11 is 0. The number of benzene rings is 2. The first-order valence-electron chi connectivity index (χ1n) is 12.6. The number of aromatic nitrogens is 1. The molecule has 0 saturated heterocycles. The third-order valence-corrected chi connectivity index (χ3v) is 7.43. The van der Waals surface area contributed by atoms with E-state index in [1.807, 2.05) is 49.4 Å². The maximum atomic E-state index is 14.0. The van der Waals surface area contributed by atoms with Crippen molar-refractivity contribution in [2.75, 3.05) is 5.32 Å². The minimum Gasteiger partial charge on any atom is -0.481 e. The van der Waals surface area contributed by atoms with Gasteiger partial charge in [0.05, 0.1) is 17.5 Å². The summed E-state index contributed by atoms with van der Waals surface area (Å²) in [6, 6.07) is 14.9. The van der Waals surface area contributed by atoms with Gasteiger partial charge in [-0.15, -0.1) is 0 Å². The Kier molecular flexibility index (Phi) is 7.82. The molecule has 1 aromatic heterocycles. The van der Waals surface area contributed by atoms with E-state index in [0.717, 1.165) is 53.6 Å². The van der Waals surface area contributed by atoms with Gasteiger partial charge >= 0.3 is 5.97 Å². The highest BCUT2D eigenvalue weighted by Gasteiger charge is 2.32. The Morgan fingerprint density at radius 2 is 1.78 bits per heavy atom. The van der Waals surface area contributed by atoms with Gasteiger partial charge in [-0.05, 0) is 73.4 Å². The molecule has 1 amide bonds. The number of hydrogen-bond donors (Lipinski definition) is 2. The molecule has 1 aliphatic rings. The predicted octanol–water partition coefficient (Wildman–Crippen LogP) is 6.68. The minimum atomic E-state index is -0.835. The van der Waals surface area contributed by atoms with Crippen LogP contribution >= 0.6 is 0 Å². The molecular formula is C30H33FN2O3. The fraction of sp³-hybridized carbons (Fsp3) is 0.367. The minimum absolute atomic E-state index is 0.0516. The quantitative estimate of drug-likeness (QED) is 0.371. The number of aliphatic carboxylic acids is 1. The maximum Gasteiger partial charge on any atom is 0.306 e. The van der Waals surface area contributed by atoms with Crippen LogP contribution in [0.25, 0.3) is 11.1 Å². The fourth-order valence-electron chi connectivity index (χ4n) is 5.14. The number of nitrogens with one attached hydrogen (secondary N) is 1. The number of hydrogen-bond acceptors (Lipinski definition) is 3. The Morgan fingerprint density at radius 1 is 1.08 bits per heavy atom. The number of aryl methyl sites for hydroxylation is 1. The Morgan fingerprint density at radius 3 is 2.42 bits per heavy atom. The first-order valence-corrected chi connectivity index (χ1v) is 12.6. The first-order chi connectivity index (χ1) is 17.2. The van der Waals surface area contributed by atoms with E-state index in [9.17, 15) is 19.1 Å². The van der Waals surface area contributed by atoms with E-state index in [-0.39, 0.29) is 23.6 Å². The number of rotatable bonds is 8. The van der Waals surface area contributed by atoms with Gasteiger partial charge in [-0.3, -0.25) is 14.6 Å². The van der Waals surface area contributed by atoms with Crippen LogP contribution in [-0.2, 0) is 16.0 Å². The molecular weight excluding hydrogens is 455 g/mol. The van der Waals surface area contributed by atoms with Crippen molar-refractivity contribution >= 4 is 17.6 Å². The molecule has 2 aromatic carbocycles. The molecule has 6 heteroatoms. The van der Waals surface area contributed by atoms with E-state index in [1.165, 1.54) is 6.07 Å². The number of pyridine rings is 1. The molecule has 2 unspecified atom stereocenters. The number of carbonyl (C=O) groups excluding carboxylic acids is 1. The molecule has 1 saturated carbocycles. The largest absolute Gasteiger partial charge is 0.481 e. The molecule has 2 atom stereocenters. The summed E-state index contributed by atoms with van der Waals surface area (Å²) in [5.74, 6) is -1.77. The second kappa shape index (κ2) is 11.0. The number of amides is 1. The summed E-state index contributed by atoms with van der Waals surface area (Å²) in [6.45, 7) is 5.25. The molecule has 0 aliphatic heterocycles. The average Bonchev–Trinajstić information content (AvgIpc) is 3.38.